The van der Waals surface area contributed by atoms with Gasteiger partial charge in [-0.05, 0) is 31.9 Å². The second kappa shape index (κ2) is 5.70. The Hall–Kier alpha value is -1.52. The highest BCUT2D eigenvalue weighted by molar-refractivity contribution is 6.49. The maximum atomic E-state index is 10.5. The van der Waals surface area contributed by atoms with Crippen molar-refractivity contribution in [2.24, 2.45) is 0 Å². The van der Waals surface area contributed by atoms with E-state index in [1.165, 1.54) is 6.20 Å². The maximum Gasteiger partial charge on any atom is 0.147 e. The third-order valence-electron chi connectivity index (χ3n) is 3.99. The minimum atomic E-state index is -1.13. The molecule has 21 heavy (non-hydrogen) atoms. The zero-order valence-electron chi connectivity index (χ0n) is 12.1. The van der Waals surface area contributed by atoms with Gasteiger partial charge in [-0.2, -0.15) is 15.4 Å². The molecule has 1 aromatic heterocycles. The number of H-pyrrole nitrogens is 1. The second-order valence-electron chi connectivity index (χ2n) is 5.21. The lowest BCUT2D eigenvalue weighted by atomic mass is 9.73. The Morgan fingerprint density at radius 2 is 1.81 bits per heavy atom. The lowest BCUT2D eigenvalue weighted by molar-refractivity contribution is 0.456. The molecule has 112 valence electrons. The first-order valence-corrected chi connectivity index (χ1v) is 7.24. The molecule has 0 aliphatic carbocycles. The van der Waals surface area contributed by atoms with Crippen molar-refractivity contribution < 1.29 is 5.11 Å². The summed E-state index contributed by atoms with van der Waals surface area (Å²) in [4.78, 5) is 0. The van der Waals surface area contributed by atoms with Crippen LogP contribution in [0.15, 0.2) is 42.1 Å². The summed E-state index contributed by atoms with van der Waals surface area (Å²) in [5, 5.41) is 20.6. The fourth-order valence-electron chi connectivity index (χ4n) is 2.32. The molecule has 1 atom stereocenters. The van der Waals surface area contributed by atoms with Crippen molar-refractivity contribution in [1.29, 1.82) is 0 Å². The normalized spacial score (nSPS) is 16.2. The van der Waals surface area contributed by atoms with Crippen molar-refractivity contribution in [3.63, 3.8) is 0 Å². The molecule has 0 saturated heterocycles. The van der Waals surface area contributed by atoms with Gasteiger partial charge in [-0.3, -0.25) is 0 Å². The van der Waals surface area contributed by atoms with E-state index in [4.69, 9.17) is 23.2 Å². The average molecular weight is 326 g/mol. The van der Waals surface area contributed by atoms with Crippen molar-refractivity contribution >= 4 is 29.0 Å². The molecular formula is C15H17Cl2N3O. The first kappa shape index (κ1) is 15.9. The summed E-state index contributed by atoms with van der Waals surface area (Å²) < 4.78 is -1.13. The van der Waals surface area contributed by atoms with Gasteiger partial charge < -0.3 is 5.11 Å². The SMILES string of the molecule is CC(=C(O)c1cn[nH]n1)C(C)(c1ccccc1)C(C)(Cl)Cl. The van der Waals surface area contributed by atoms with E-state index in [0.717, 1.165) is 5.56 Å². The number of benzene rings is 1. The van der Waals surface area contributed by atoms with Gasteiger partial charge in [0, 0.05) is 5.41 Å². The van der Waals surface area contributed by atoms with Crippen molar-refractivity contribution in [3.8, 4) is 0 Å². The summed E-state index contributed by atoms with van der Waals surface area (Å²) >= 11 is 12.9. The molecule has 2 rings (SSSR count). The summed E-state index contributed by atoms with van der Waals surface area (Å²) in [6, 6.07) is 9.60. The van der Waals surface area contributed by atoms with Crippen molar-refractivity contribution in [1.82, 2.24) is 15.4 Å². The number of aromatic amines is 1. The van der Waals surface area contributed by atoms with Crippen LogP contribution in [0.1, 0.15) is 32.0 Å². The number of hydrogen-bond donors (Lipinski definition) is 2. The van der Waals surface area contributed by atoms with E-state index < -0.39 is 9.75 Å². The van der Waals surface area contributed by atoms with Crippen molar-refractivity contribution in [2.75, 3.05) is 0 Å². The van der Waals surface area contributed by atoms with Crippen LogP contribution < -0.4 is 0 Å². The smallest absolute Gasteiger partial charge is 0.147 e. The Bertz CT molecular complexity index is 633. The van der Waals surface area contributed by atoms with E-state index in [2.05, 4.69) is 15.4 Å². The number of allylic oxidation sites excluding steroid dienone is 1. The molecule has 0 bridgehead atoms. The zero-order chi connectivity index (χ0) is 15.7. The largest absolute Gasteiger partial charge is 0.506 e. The molecule has 2 aromatic rings. The quantitative estimate of drug-likeness (QED) is 0.652. The van der Waals surface area contributed by atoms with Gasteiger partial charge in [-0.15, -0.1) is 23.2 Å². The van der Waals surface area contributed by atoms with Crippen LogP contribution in [0.25, 0.3) is 5.76 Å². The van der Waals surface area contributed by atoms with E-state index in [1.54, 1.807) is 13.8 Å². The number of aliphatic hydroxyl groups is 1. The minimum Gasteiger partial charge on any atom is -0.506 e. The molecule has 0 radical (unpaired) electrons. The molecule has 0 aliphatic heterocycles. The molecule has 0 saturated carbocycles. The van der Waals surface area contributed by atoms with Crippen molar-refractivity contribution in [3.05, 3.63) is 53.4 Å². The number of rotatable bonds is 4. The zero-order valence-corrected chi connectivity index (χ0v) is 13.6. The summed E-state index contributed by atoms with van der Waals surface area (Å²) in [6.07, 6.45) is 1.45. The van der Waals surface area contributed by atoms with Crippen LogP contribution in [0, 0.1) is 0 Å². The van der Waals surface area contributed by atoms with Gasteiger partial charge in [0.25, 0.3) is 0 Å². The molecule has 0 fully saturated rings. The highest BCUT2D eigenvalue weighted by Gasteiger charge is 2.46. The fraction of sp³-hybridized carbons (Fsp3) is 0.333. The molecule has 2 N–H and O–H groups in total. The number of nitrogens with one attached hydrogen (secondary N) is 1. The van der Waals surface area contributed by atoms with Gasteiger partial charge >= 0.3 is 0 Å². The molecule has 1 heterocycles. The van der Waals surface area contributed by atoms with Crippen LogP contribution in [0.2, 0.25) is 0 Å². The van der Waals surface area contributed by atoms with Gasteiger partial charge in [-0.1, -0.05) is 30.3 Å². The van der Waals surface area contributed by atoms with E-state index >= 15 is 0 Å². The molecule has 4 nitrogen and oxygen atoms in total. The molecule has 1 aromatic carbocycles. The number of aliphatic hydroxyl groups excluding tert-OH is 1. The van der Waals surface area contributed by atoms with Crippen LogP contribution in [0.4, 0.5) is 0 Å². The van der Waals surface area contributed by atoms with E-state index in [1.807, 2.05) is 37.3 Å². The summed E-state index contributed by atoms with van der Waals surface area (Å²) in [5.74, 6) is 0.0163. The third-order valence-corrected chi connectivity index (χ3v) is 4.75. The molecule has 1 unspecified atom stereocenters. The first-order chi connectivity index (χ1) is 9.78. The molecule has 0 spiro atoms. The molecule has 0 amide bonds. The third kappa shape index (κ3) is 2.78. The Balaban J connectivity index is 2.65. The van der Waals surface area contributed by atoms with Gasteiger partial charge in [0.15, 0.2) is 0 Å². The van der Waals surface area contributed by atoms with Gasteiger partial charge in [-0.25, -0.2) is 0 Å². The highest BCUT2D eigenvalue weighted by Crippen LogP contribution is 2.49. The number of hydrogen-bond acceptors (Lipinski definition) is 3. The summed E-state index contributed by atoms with van der Waals surface area (Å²) in [5.41, 5.74) is 1.09. The van der Waals surface area contributed by atoms with Crippen LogP contribution in [-0.2, 0) is 5.41 Å². The van der Waals surface area contributed by atoms with Crippen LogP contribution >= 0.6 is 23.2 Å². The van der Waals surface area contributed by atoms with Gasteiger partial charge in [0.1, 0.15) is 15.8 Å². The molecular weight excluding hydrogens is 309 g/mol. The first-order valence-electron chi connectivity index (χ1n) is 6.48. The predicted molar refractivity (Wildman–Crippen MR) is 85.5 cm³/mol. The highest BCUT2D eigenvalue weighted by atomic mass is 35.5. The fourth-order valence-corrected chi connectivity index (χ4v) is 2.82. The monoisotopic (exact) mass is 325 g/mol. The standard InChI is InChI=1S/C15H17Cl2N3O/c1-10(13(21)12-9-18-20-19-12)14(2,15(3,16)17)11-7-5-4-6-8-11/h4-9,21H,1-3H3,(H,18,19,20). The predicted octanol–water partition coefficient (Wildman–Crippen LogP) is 4.25. The lowest BCUT2D eigenvalue weighted by Gasteiger charge is -2.40. The Morgan fingerprint density at radius 1 is 1.19 bits per heavy atom. The number of aromatic nitrogens is 3. The average Bonchev–Trinajstić information content (AvgIpc) is 2.98. The Morgan fingerprint density at radius 3 is 2.29 bits per heavy atom. The van der Waals surface area contributed by atoms with Crippen LogP contribution in [0.3, 0.4) is 0 Å². The van der Waals surface area contributed by atoms with E-state index in [9.17, 15) is 5.11 Å². The summed E-state index contributed by atoms with van der Waals surface area (Å²) in [6.45, 7) is 5.40. The van der Waals surface area contributed by atoms with E-state index in [0.29, 0.717) is 11.3 Å². The molecule has 6 heteroatoms. The number of nitrogens with zero attached hydrogens (tertiary/aromatic N) is 2. The van der Waals surface area contributed by atoms with Crippen LogP contribution in [0.5, 0.6) is 0 Å². The lowest BCUT2D eigenvalue weighted by Crippen LogP contribution is -2.40. The summed E-state index contributed by atoms with van der Waals surface area (Å²) in [7, 11) is 0. The van der Waals surface area contributed by atoms with E-state index in [-0.39, 0.29) is 5.76 Å². The maximum absolute atomic E-state index is 10.5. The minimum absolute atomic E-state index is 0.0163. The topological polar surface area (TPSA) is 61.8 Å². The molecule has 0 aliphatic rings. The van der Waals surface area contributed by atoms with Gasteiger partial charge in [0.2, 0.25) is 0 Å². The number of alkyl halides is 2. The Labute approximate surface area is 133 Å². The number of halogens is 2. The Kier molecular flexibility index (Phi) is 4.30. The van der Waals surface area contributed by atoms with Crippen molar-refractivity contribution in [2.45, 2.75) is 30.5 Å². The van der Waals surface area contributed by atoms with Gasteiger partial charge in [0.05, 0.1) is 6.20 Å². The second-order valence-corrected chi connectivity index (χ2v) is 6.91. The van der Waals surface area contributed by atoms with Crippen LogP contribution in [-0.4, -0.2) is 24.9 Å².